The molecule has 7 nitrogen and oxygen atoms in total. The van der Waals surface area contributed by atoms with Gasteiger partial charge in [0, 0.05) is 30.1 Å². The molecule has 4 aromatic rings. The Kier molecular flexibility index (Phi) is 4.24. The zero-order valence-electron chi connectivity index (χ0n) is 19.2. The number of aromatic amines is 1. The van der Waals surface area contributed by atoms with Crippen molar-refractivity contribution in [1.29, 1.82) is 0 Å². The van der Waals surface area contributed by atoms with Gasteiger partial charge in [-0.3, -0.25) is 9.59 Å². The number of likely N-dealkylation sites (N-methyl/N-ethyl adjacent to an activating group) is 1. The van der Waals surface area contributed by atoms with Crippen molar-refractivity contribution < 1.29 is 19.1 Å². The van der Waals surface area contributed by atoms with Crippen LogP contribution in [0.25, 0.3) is 22.0 Å². The number of rotatable bonds is 2. The number of carbonyl (C=O) groups excluding carboxylic acids is 2. The molecule has 0 radical (unpaired) electrons. The first kappa shape index (κ1) is 20.1. The molecular weight excluding hydrogens is 442 g/mol. The molecule has 1 unspecified atom stereocenters. The van der Waals surface area contributed by atoms with Gasteiger partial charge in [-0.1, -0.05) is 48.5 Å². The number of ether oxygens (including phenoxy) is 2. The van der Waals surface area contributed by atoms with Crippen molar-refractivity contribution in [3.05, 3.63) is 83.6 Å². The number of amides is 2. The minimum atomic E-state index is -0.544. The van der Waals surface area contributed by atoms with Crippen LogP contribution in [0.2, 0.25) is 0 Å². The predicted molar refractivity (Wildman–Crippen MR) is 130 cm³/mol. The first-order valence-electron chi connectivity index (χ1n) is 11.7. The third-order valence-electron chi connectivity index (χ3n) is 7.37. The lowest BCUT2D eigenvalue weighted by Gasteiger charge is -2.46. The van der Waals surface area contributed by atoms with Gasteiger partial charge in [-0.2, -0.15) is 0 Å². The number of hydrogen-bond acceptors (Lipinski definition) is 4. The molecule has 3 aliphatic rings. The molecular formula is C28H23N3O4. The highest BCUT2D eigenvalue weighted by atomic mass is 16.7. The summed E-state index contributed by atoms with van der Waals surface area (Å²) in [5, 5.41) is 1.08. The minimum Gasteiger partial charge on any atom is -0.454 e. The van der Waals surface area contributed by atoms with Gasteiger partial charge < -0.3 is 24.3 Å². The van der Waals surface area contributed by atoms with Crippen LogP contribution in [0.5, 0.6) is 11.5 Å². The average molecular weight is 466 g/mol. The van der Waals surface area contributed by atoms with E-state index in [1.165, 1.54) is 4.90 Å². The molecule has 4 heterocycles. The van der Waals surface area contributed by atoms with Gasteiger partial charge in [0.15, 0.2) is 11.5 Å². The normalized spacial score (nSPS) is 20.8. The number of piperazine rings is 1. The molecule has 3 aliphatic heterocycles. The molecule has 35 heavy (non-hydrogen) atoms. The van der Waals surface area contributed by atoms with Crippen molar-refractivity contribution in [3.63, 3.8) is 0 Å². The largest absolute Gasteiger partial charge is 0.454 e. The maximum absolute atomic E-state index is 13.3. The second-order valence-corrected chi connectivity index (χ2v) is 9.37. The van der Waals surface area contributed by atoms with Crippen molar-refractivity contribution >= 4 is 22.7 Å². The van der Waals surface area contributed by atoms with E-state index in [1.54, 1.807) is 11.9 Å². The number of carbonyl (C=O) groups is 2. The fourth-order valence-corrected chi connectivity index (χ4v) is 5.70. The summed E-state index contributed by atoms with van der Waals surface area (Å²) in [7, 11) is 1.70. The lowest BCUT2D eigenvalue weighted by molar-refractivity contribution is -0.157. The second kappa shape index (κ2) is 7.37. The van der Waals surface area contributed by atoms with Crippen LogP contribution in [0.3, 0.4) is 0 Å². The summed E-state index contributed by atoms with van der Waals surface area (Å²) in [6, 6.07) is 21.4. The van der Waals surface area contributed by atoms with Crippen LogP contribution in [0, 0.1) is 0 Å². The van der Waals surface area contributed by atoms with Crippen LogP contribution in [-0.2, 0) is 16.0 Å². The maximum atomic E-state index is 13.3. The number of fused-ring (bicyclic) bond motifs is 5. The number of aromatic nitrogens is 1. The highest BCUT2D eigenvalue weighted by molar-refractivity contribution is 5.98. The Morgan fingerprint density at radius 3 is 2.60 bits per heavy atom. The summed E-state index contributed by atoms with van der Waals surface area (Å²) < 4.78 is 11.1. The summed E-state index contributed by atoms with van der Waals surface area (Å²) >= 11 is 0. The van der Waals surface area contributed by atoms with E-state index in [2.05, 4.69) is 35.3 Å². The van der Waals surface area contributed by atoms with Crippen LogP contribution in [0.4, 0.5) is 0 Å². The summed E-state index contributed by atoms with van der Waals surface area (Å²) in [5.41, 5.74) is 6.17. The van der Waals surface area contributed by atoms with Gasteiger partial charge in [0.1, 0.15) is 6.04 Å². The molecule has 1 saturated heterocycles. The zero-order valence-corrected chi connectivity index (χ0v) is 19.2. The van der Waals surface area contributed by atoms with Crippen molar-refractivity contribution in [1.82, 2.24) is 14.8 Å². The van der Waals surface area contributed by atoms with Gasteiger partial charge in [-0.25, -0.2) is 0 Å². The van der Waals surface area contributed by atoms with E-state index in [9.17, 15) is 9.59 Å². The Hall–Kier alpha value is -4.26. The Bertz CT molecular complexity index is 1510. The van der Waals surface area contributed by atoms with Crippen LogP contribution in [0.15, 0.2) is 66.7 Å². The summed E-state index contributed by atoms with van der Waals surface area (Å²) in [6.45, 7) is 0.252. The van der Waals surface area contributed by atoms with Gasteiger partial charge in [0.2, 0.25) is 18.6 Å². The first-order valence-corrected chi connectivity index (χ1v) is 11.7. The van der Waals surface area contributed by atoms with E-state index in [1.807, 2.05) is 36.4 Å². The van der Waals surface area contributed by atoms with Gasteiger partial charge >= 0.3 is 0 Å². The average Bonchev–Trinajstić information content (AvgIpc) is 3.50. The molecule has 7 rings (SSSR count). The fraction of sp³-hybridized carbons (Fsp3) is 0.214. The monoisotopic (exact) mass is 465 g/mol. The Morgan fingerprint density at radius 1 is 0.914 bits per heavy atom. The van der Waals surface area contributed by atoms with E-state index in [4.69, 9.17) is 9.47 Å². The Morgan fingerprint density at radius 2 is 1.74 bits per heavy atom. The van der Waals surface area contributed by atoms with E-state index in [0.717, 1.165) is 38.9 Å². The predicted octanol–water partition coefficient (Wildman–Crippen LogP) is 3.88. The first-order chi connectivity index (χ1) is 17.1. The van der Waals surface area contributed by atoms with Crippen molar-refractivity contribution in [2.45, 2.75) is 18.5 Å². The second-order valence-electron chi connectivity index (χ2n) is 9.37. The smallest absolute Gasteiger partial charge is 0.245 e. The quantitative estimate of drug-likeness (QED) is 0.488. The number of hydrogen-bond donors (Lipinski definition) is 1. The van der Waals surface area contributed by atoms with Gasteiger partial charge in [0.05, 0.1) is 12.6 Å². The Balaban J connectivity index is 1.43. The van der Waals surface area contributed by atoms with Crippen LogP contribution >= 0.6 is 0 Å². The highest BCUT2D eigenvalue weighted by Crippen LogP contribution is 2.45. The summed E-state index contributed by atoms with van der Waals surface area (Å²) in [5.74, 6) is 1.25. The van der Waals surface area contributed by atoms with Crippen LogP contribution in [0.1, 0.15) is 22.9 Å². The molecule has 2 atom stereocenters. The van der Waals surface area contributed by atoms with E-state index in [-0.39, 0.29) is 25.2 Å². The number of nitrogens with zero attached hydrogens (tertiary/aromatic N) is 2. The molecule has 1 N–H and O–H groups in total. The zero-order chi connectivity index (χ0) is 23.7. The SMILES string of the molecule is CN1CC(=O)N2C(Cc3c([nH]c4cc(-c5ccccc5)ccc34)[C@H]2c2ccc3c(c2)OCO3)C1=O. The fourth-order valence-electron chi connectivity index (χ4n) is 5.70. The van der Waals surface area contributed by atoms with Gasteiger partial charge in [-0.15, -0.1) is 0 Å². The van der Waals surface area contributed by atoms with Crippen LogP contribution < -0.4 is 9.47 Å². The number of benzene rings is 3. The molecule has 0 aliphatic carbocycles. The molecule has 1 aromatic heterocycles. The lowest BCUT2D eigenvalue weighted by Crippen LogP contribution is -2.62. The molecule has 1 fully saturated rings. The van der Waals surface area contributed by atoms with Gasteiger partial charge in [0.25, 0.3) is 0 Å². The molecule has 2 amide bonds. The number of nitrogens with one attached hydrogen (secondary N) is 1. The molecule has 0 spiro atoms. The maximum Gasteiger partial charge on any atom is 0.245 e. The topological polar surface area (TPSA) is 74.9 Å². The van der Waals surface area contributed by atoms with Gasteiger partial charge in [-0.05, 0) is 40.5 Å². The van der Waals surface area contributed by atoms with E-state index >= 15 is 0 Å². The van der Waals surface area contributed by atoms with Crippen molar-refractivity contribution in [2.24, 2.45) is 0 Å². The van der Waals surface area contributed by atoms with E-state index < -0.39 is 12.1 Å². The minimum absolute atomic E-state index is 0.0313. The molecule has 174 valence electrons. The van der Waals surface area contributed by atoms with Crippen molar-refractivity contribution in [3.8, 4) is 22.6 Å². The third-order valence-corrected chi connectivity index (χ3v) is 7.37. The van der Waals surface area contributed by atoms with E-state index in [0.29, 0.717) is 17.9 Å². The highest BCUT2D eigenvalue weighted by Gasteiger charge is 2.47. The number of H-pyrrole nitrogens is 1. The Labute approximate surface area is 201 Å². The summed E-state index contributed by atoms with van der Waals surface area (Å²) in [6.07, 6.45) is 0.482. The molecule has 0 bridgehead atoms. The van der Waals surface area contributed by atoms with Crippen molar-refractivity contribution in [2.75, 3.05) is 20.4 Å². The van der Waals surface area contributed by atoms with Crippen LogP contribution in [-0.4, -0.2) is 53.0 Å². The molecule has 0 saturated carbocycles. The molecule has 3 aromatic carbocycles. The molecule has 7 heteroatoms. The standard InChI is InChI=1S/C28H23N3O4/c1-30-14-25(32)31-22(28(30)33)13-20-19-9-7-17(16-5-3-2-4-6-16)11-21(19)29-26(20)27(31)18-8-10-23-24(12-18)35-15-34-23/h2-12,22,27,29H,13-15H2,1H3/t22?,27-/m1/s1. The summed E-state index contributed by atoms with van der Waals surface area (Å²) in [4.78, 5) is 33.5. The third kappa shape index (κ3) is 2.97. The lowest BCUT2D eigenvalue weighted by atomic mass is 9.86.